The van der Waals surface area contributed by atoms with Crippen LogP contribution in [0.4, 0.5) is 11.4 Å². The minimum Gasteiger partial charge on any atom is -0.378 e. The second-order valence-electron chi connectivity index (χ2n) is 6.48. The van der Waals surface area contributed by atoms with E-state index in [4.69, 9.17) is 11.6 Å². The molecule has 1 amide bonds. The van der Waals surface area contributed by atoms with E-state index in [9.17, 15) is 9.90 Å². The van der Waals surface area contributed by atoms with Crippen molar-refractivity contribution >= 4 is 28.9 Å². The smallest absolute Gasteiger partial charge is 0.257 e. The summed E-state index contributed by atoms with van der Waals surface area (Å²) in [6.45, 7) is 10.5. The first-order valence-corrected chi connectivity index (χ1v) is 7.74. The lowest BCUT2D eigenvalue weighted by molar-refractivity contribution is -0.123. The molecule has 1 unspecified atom stereocenters. The lowest BCUT2D eigenvalue weighted by atomic mass is 10.1. The Hall–Kier alpha value is -1.26. The van der Waals surface area contributed by atoms with Crippen molar-refractivity contribution < 1.29 is 9.90 Å². The topological polar surface area (TPSA) is 52.6 Å². The summed E-state index contributed by atoms with van der Waals surface area (Å²) in [6, 6.07) is 3.57. The summed E-state index contributed by atoms with van der Waals surface area (Å²) in [5.41, 5.74) is 2.12. The summed E-state index contributed by atoms with van der Waals surface area (Å²) in [6.07, 6.45) is -1.12. The highest BCUT2D eigenvalue weighted by Gasteiger charge is 2.30. The SMILES string of the molecule is CC(C)CN(CC(C)C)c1cc2c(cc1Cl)C(O)C(=O)N2. The molecule has 0 aliphatic carbocycles. The van der Waals surface area contributed by atoms with Gasteiger partial charge in [-0.25, -0.2) is 0 Å². The third-order valence-electron chi connectivity index (χ3n) is 3.43. The number of hydrogen-bond donors (Lipinski definition) is 2. The van der Waals surface area contributed by atoms with Crippen LogP contribution in [0.1, 0.15) is 39.4 Å². The monoisotopic (exact) mass is 310 g/mol. The molecule has 0 aromatic heterocycles. The molecule has 0 radical (unpaired) electrons. The third kappa shape index (κ3) is 3.50. The number of hydrogen-bond acceptors (Lipinski definition) is 3. The molecule has 0 bridgehead atoms. The maximum absolute atomic E-state index is 11.6. The minimum absolute atomic E-state index is 0.391. The van der Waals surface area contributed by atoms with E-state index >= 15 is 0 Å². The molecule has 1 atom stereocenters. The molecule has 21 heavy (non-hydrogen) atoms. The summed E-state index contributed by atoms with van der Waals surface area (Å²) in [7, 11) is 0. The first-order chi connectivity index (χ1) is 9.79. The lowest BCUT2D eigenvalue weighted by Crippen LogP contribution is -2.31. The van der Waals surface area contributed by atoms with Gasteiger partial charge in [-0.15, -0.1) is 0 Å². The highest BCUT2D eigenvalue weighted by molar-refractivity contribution is 6.33. The van der Waals surface area contributed by atoms with Gasteiger partial charge in [-0.3, -0.25) is 4.79 Å². The van der Waals surface area contributed by atoms with Crippen LogP contribution in [0, 0.1) is 11.8 Å². The van der Waals surface area contributed by atoms with Gasteiger partial charge in [-0.2, -0.15) is 0 Å². The van der Waals surface area contributed by atoms with Crippen LogP contribution in [0.2, 0.25) is 5.02 Å². The van der Waals surface area contributed by atoms with Crippen molar-refractivity contribution in [1.29, 1.82) is 0 Å². The van der Waals surface area contributed by atoms with E-state index in [-0.39, 0.29) is 0 Å². The van der Waals surface area contributed by atoms with E-state index < -0.39 is 12.0 Å². The van der Waals surface area contributed by atoms with Gasteiger partial charge in [0, 0.05) is 24.3 Å². The summed E-state index contributed by atoms with van der Waals surface area (Å²) in [5.74, 6) is 0.624. The number of carbonyl (C=O) groups excluding carboxylic acids is 1. The van der Waals surface area contributed by atoms with Crippen molar-refractivity contribution in [3.8, 4) is 0 Å². The number of benzene rings is 1. The Morgan fingerprint density at radius 2 is 1.81 bits per heavy atom. The molecular weight excluding hydrogens is 288 g/mol. The molecule has 0 fully saturated rings. The van der Waals surface area contributed by atoms with Gasteiger partial charge in [-0.05, 0) is 24.0 Å². The Morgan fingerprint density at radius 3 is 2.33 bits per heavy atom. The van der Waals surface area contributed by atoms with Crippen LogP contribution in [0.3, 0.4) is 0 Å². The van der Waals surface area contributed by atoms with Gasteiger partial charge in [0.1, 0.15) is 0 Å². The van der Waals surface area contributed by atoms with Crippen LogP contribution < -0.4 is 10.2 Å². The summed E-state index contributed by atoms with van der Waals surface area (Å²) in [4.78, 5) is 13.8. The number of fused-ring (bicyclic) bond motifs is 1. The number of carbonyl (C=O) groups is 1. The van der Waals surface area contributed by atoms with Crippen molar-refractivity contribution in [3.05, 3.63) is 22.7 Å². The van der Waals surface area contributed by atoms with Gasteiger partial charge in [0.25, 0.3) is 5.91 Å². The van der Waals surface area contributed by atoms with E-state index in [1.807, 2.05) is 6.07 Å². The van der Waals surface area contributed by atoms with Crippen molar-refractivity contribution in [2.45, 2.75) is 33.8 Å². The number of aliphatic hydroxyl groups excluding tert-OH is 1. The summed E-state index contributed by atoms with van der Waals surface area (Å²) < 4.78 is 0. The molecule has 1 aliphatic heterocycles. The molecule has 0 saturated carbocycles. The fourth-order valence-corrected chi connectivity index (χ4v) is 2.94. The number of nitrogens with one attached hydrogen (secondary N) is 1. The zero-order chi connectivity index (χ0) is 15.7. The Balaban J connectivity index is 2.38. The van der Waals surface area contributed by atoms with Crippen LogP contribution in [0.25, 0.3) is 0 Å². The maximum Gasteiger partial charge on any atom is 0.257 e. The second-order valence-corrected chi connectivity index (χ2v) is 6.88. The zero-order valence-electron chi connectivity index (χ0n) is 13.0. The van der Waals surface area contributed by atoms with Gasteiger partial charge in [-0.1, -0.05) is 39.3 Å². The molecule has 5 heteroatoms. The fraction of sp³-hybridized carbons (Fsp3) is 0.562. The molecule has 1 aromatic rings. The molecule has 2 rings (SSSR count). The largest absolute Gasteiger partial charge is 0.378 e. The first kappa shape index (κ1) is 16.1. The maximum atomic E-state index is 11.6. The molecule has 1 aromatic carbocycles. The van der Waals surface area contributed by atoms with Gasteiger partial charge in [0.15, 0.2) is 6.10 Å². The average molecular weight is 311 g/mol. The normalized spacial score (nSPS) is 17.3. The fourth-order valence-electron chi connectivity index (χ4n) is 2.65. The van der Waals surface area contributed by atoms with Gasteiger partial charge >= 0.3 is 0 Å². The van der Waals surface area contributed by atoms with Crippen LogP contribution in [0.5, 0.6) is 0 Å². The predicted octanol–water partition coefficient (Wildman–Crippen LogP) is 3.44. The van der Waals surface area contributed by atoms with Crippen molar-refractivity contribution in [3.63, 3.8) is 0 Å². The van der Waals surface area contributed by atoms with Crippen LogP contribution >= 0.6 is 11.6 Å². The Morgan fingerprint density at radius 1 is 1.24 bits per heavy atom. The third-order valence-corrected chi connectivity index (χ3v) is 3.73. The van der Waals surface area contributed by atoms with Crippen molar-refractivity contribution in [1.82, 2.24) is 0 Å². The Kier molecular flexibility index (Phi) is 4.79. The first-order valence-electron chi connectivity index (χ1n) is 7.37. The number of aliphatic hydroxyl groups is 1. The molecule has 4 nitrogen and oxygen atoms in total. The molecule has 1 aliphatic rings. The predicted molar refractivity (Wildman–Crippen MR) is 86.9 cm³/mol. The number of anilines is 2. The van der Waals surface area contributed by atoms with Crippen molar-refractivity contribution in [2.75, 3.05) is 23.3 Å². The van der Waals surface area contributed by atoms with E-state index in [0.29, 0.717) is 28.1 Å². The minimum atomic E-state index is -1.12. The molecule has 1 heterocycles. The molecule has 0 spiro atoms. The quantitative estimate of drug-likeness (QED) is 0.876. The molecular formula is C16H23ClN2O2. The van der Waals surface area contributed by atoms with E-state index in [1.165, 1.54) is 0 Å². The molecule has 2 N–H and O–H groups in total. The lowest BCUT2D eigenvalue weighted by Gasteiger charge is -2.29. The van der Waals surface area contributed by atoms with Gasteiger partial charge in [0.2, 0.25) is 0 Å². The average Bonchev–Trinajstić information content (AvgIpc) is 2.63. The summed E-state index contributed by atoms with van der Waals surface area (Å²) >= 11 is 6.39. The van der Waals surface area contributed by atoms with E-state index in [2.05, 4.69) is 37.9 Å². The Labute approximate surface area is 131 Å². The second kappa shape index (κ2) is 6.24. The van der Waals surface area contributed by atoms with Gasteiger partial charge in [0.05, 0.1) is 10.7 Å². The van der Waals surface area contributed by atoms with Crippen LogP contribution in [0.15, 0.2) is 12.1 Å². The van der Waals surface area contributed by atoms with Crippen LogP contribution in [-0.2, 0) is 4.79 Å². The highest BCUT2D eigenvalue weighted by Crippen LogP contribution is 2.39. The van der Waals surface area contributed by atoms with E-state index in [0.717, 1.165) is 18.8 Å². The van der Waals surface area contributed by atoms with Gasteiger partial charge < -0.3 is 15.3 Å². The molecule has 0 saturated heterocycles. The summed E-state index contributed by atoms with van der Waals surface area (Å²) in [5, 5.41) is 13.1. The van der Waals surface area contributed by atoms with Crippen LogP contribution in [-0.4, -0.2) is 24.1 Å². The highest BCUT2D eigenvalue weighted by atomic mass is 35.5. The van der Waals surface area contributed by atoms with Crippen molar-refractivity contribution in [2.24, 2.45) is 11.8 Å². The number of amides is 1. The number of halogens is 1. The number of rotatable bonds is 5. The zero-order valence-corrected chi connectivity index (χ0v) is 13.7. The molecule has 116 valence electrons. The Bertz CT molecular complexity index is 533. The number of nitrogens with zero attached hydrogens (tertiary/aromatic N) is 1. The standard InChI is InChI=1S/C16H23ClN2O2/c1-9(2)7-19(8-10(3)4)14-6-13-11(5-12(14)17)15(20)16(21)18-13/h5-6,9-10,15,20H,7-8H2,1-4H3,(H,18,21). The van der Waals surface area contributed by atoms with E-state index in [1.54, 1.807) is 6.07 Å².